The molecule has 0 unspecified atom stereocenters. The highest BCUT2D eigenvalue weighted by Gasteiger charge is 2.13. The molecule has 0 aliphatic heterocycles. The molecule has 1 aromatic carbocycles. The third-order valence-corrected chi connectivity index (χ3v) is 3.71. The highest BCUT2D eigenvalue weighted by Crippen LogP contribution is 2.31. The molecule has 1 heterocycles. The number of benzene rings is 1. The number of rotatable bonds is 6. The van der Waals surface area contributed by atoms with E-state index in [1.807, 2.05) is 13.8 Å². The van der Waals surface area contributed by atoms with Crippen molar-refractivity contribution in [3.63, 3.8) is 0 Å². The van der Waals surface area contributed by atoms with E-state index in [9.17, 15) is 20.1 Å². The van der Waals surface area contributed by atoms with Gasteiger partial charge in [0.25, 0.3) is 5.91 Å². The highest BCUT2D eigenvalue weighted by atomic mass is 16.3. The van der Waals surface area contributed by atoms with Crippen LogP contribution in [0, 0.1) is 0 Å². The lowest BCUT2D eigenvalue weighted by atomic mass is 10.1. The first-order valence-electron chi connectivity index (χ1n) is 7.69. The minimum atomic E-state index is -0.375. The number of anilines is 1. The van der Waals surface area contributed by atoms with Crippen molar-refractivity contribution >= 4 is 11.7 Å². The maximum absolute atomic E-state index is 12.2. The van der Waals surface area contributed by atoms with Gasteiger partial charge in [-0.25, -0.2) is 4.98 Å². The van der Waals surface area contributed by atoms with Crippen molar-refractivity contribution in [1.29, 1.82) is 0 Å². The van der Waals surface area contributed by atoms with Crippen molar-refractivity contribution in [3.8, 4) is 17.2 Å². The Morgan fingerprint density at radius 1 is 1.12 bits per heavy atom. The van der Waals surface area contributed by atoms with Crippen LogP contribution in [-0.4, -0.2) is 39.3 Å². The van der Waals surface area contributed by atoms with Crippen LogP contribution in [0.2, 0.25) is 0 Å². The highest BCUT2D eigenvalue weighted by molar-refractivity contribution is 5.94. The summed E-state index contributed by atoms with van der Waals surface area (Å²) in [5.74, 6) is -0.410. The van der Waals surface area contributed by atoms with Crippen LogP contribution in [0.5, 0.6) is 17.2 Å². The SMILES string of the molecule is CCN(CC)c1ccc(C(=O)NCc2c(O)cc(O)cc2O)cn1. The number of phenols is 3. The number of hydrogen-bond donors (Lipinski definition) is 4. The van der Waals surface area contributed by atoms with Crippen LogP contribution in [0.3, 0.4) is 0 Å². The van der Waals surface area contributed by atoms with Gasteiger partial charge in [0.05, 0.1) is 17.7 Å². The number of carbonyl (C=O) groups excluding carboxylic acids is 1. The molecule has 0 saturated carbocycles. The molecule has 1 aromatic heterocycles. The zero-order valence-electron chi connectivity index (χ0n) is 13.7. The zero-order valence-corrected chi connectivity index (χ0v) is 13.7. The van der Waals surface area contributed by atoms with E-state index in [2.05, 4.69) is 15.2 Å². The van der Waals surface area contributed by atoms with Crippen LogP contribution in [0.4, 0.5) is 5.82 Å². The van der Waals surface area contributed by atoms with E-state index in [1.54, 1.807) is 12.1 Å². The van der Waals surface area contributed by atoms with E-state index >= 15 is 0 Å². The molecule has 0 spiro atoms. The van der Waals surface area contributed by atoms with Crippen LogP contribution >= 0.6 is 0 Å². The van der Waals surface area contributed by atoms with E-state index in [0.717, 1.165) is 31.0 Å². The van der Waals surface area contributed by atoms with Gasteiger partial charge in [0, 0.05) is 31.4 Å². The summed E-state index contributed by atoms with van der Waals surface area (Å²) < 4.78 is 0. The van der Waals surface area contributed by atoms with Crippen molar-refractivity contribution in [2.24, 2.45) is 0 Å². The molecule has 0 aliphatic carbocycles. The monoisotopic (exact) mass is 331 g/mol. The summed E-state index contributed by atoms with van der Waals surface area (Å²) in [6.07, 6.45) is 1.49. The molecule has 7 nitrogen and oxygen atoms in total. The summed E-state index contributed by atoms with van der Waals surface area (Å²) in [6.45, 7) is 5.64. The summed E-state index contributed by atoms with van der Waals surface area (Å²) in [7, 11) is 0. The molecule has 4 N–H and O–H groups in total. The Bertz CT molecular complexity index is 689. The van der Waals surface area contributed by atoms with Crippen molar-refractivity contribution in [2.45, 2.75) is 20.4 Å². The van der Waals surface area contributed by atoms with Gasteiger partial charge in [0.15, 0.2) is 0 Å². The molecule has 0 aliphatic rings. The summed E-state index contributed by atoms with van der Waals surface area (Å²) in [4.78, 5) is 18.5. The normalized spacial score (nSPS) is 10.4. The van der Waals surface area contributed by atoms with Crippen LogP contribution in [-0.2, 0) is 6.54 Å². The van der Waals surface area contributed by atoms with Gasteiger partial charge >= 0.3 is 0 Å². The Morgan fingerprint density at radius 2 is 1.75 bits per heavy atom. The average molecular weight is 331 g/mol. The van der Waals surface area contributed by atoms with E-state index in [4.69, 9.17) is 0 Å². The van der Waals surface area contributed by atoms with Crippen molar-refractivity contribution in [1.82, 2.24) is 10.3 Å². The number of aromatic nitrogens is 1. The molecule has 0 atom stereocenters. The van der Waals surface area contributed by atoms with Gasteiger partial charge in [-0.2, -0.15) is 0 Å². The number of aromatic hydroxyl groups is 3. The fraction of sp³-hybridized carbons (Fsp3) is 0.294. The predicted molar refractivity (Wildman–Crippen MR) is 90.4 cm³/mol. The Morgan fingerprint density at radius 3 is 2.25 bits per heavy atom. The first-order valence-corrected chi connectivity index (χ1v) is 7.69. The van der Waals surface area contributed by atoms with Gasteiger partial charge < -0.3 is 25.5 Å². The molecule has 0 radical (unpaired) electrons. The number of pyridine rings is 1. The first kappa shape index (κ1) is 17.4. The first-order chi connectivity index (χ1) is 11.5. The number of amides is 1. The van der Waals surface area contributed by atoms with Crippen LogP contribution in [0.1, 0.15) is 29.8 Å². The van der Waals surface area contributed by atoms with Gasteiger partial charge in [0.1, 0.15) is 23.1 Å². The van der Waals surface area contributed by atoms with Crippen molar-refractivity contribution < 1.29 is 20.1 Å². The fourth-order valence-electron chi connectivity index (χ4n) is 2.33. The summed E-state index contributed by atoms with van der Waals surface area (Å²) in [6, 6.07) is 5.65. The second-order valence-electron chi connectivity index (χ2n) is 5.22. The second kappa shape index (κ2) is 7.54. The standard InChI is InChI=1S/C17H21N3O4/c1-3-20(4-2)16-6-5-11(9-18-16)17(24)19-10-13-14(22)7-12(21)8-15(13)23/h5-9,21-23H,3-4,10H2,1-2H3,(H,19,24). The van der Waals surface area contributed by atoms with Crippen molar-refractivity contribution in [3.05, 3.63) is 41.6 Å². The smallest absolute Gasteiger partial charge is 0.253 e. The van der Waals surface area contributed by atoms with Gasteiger partial charge in [0.2, 0.25) is 0 Å². The third-order valence-electron chi connectivity index (χ3n) is 3.71. The van der Waals surface area contributed by atoms with Crippen LogP contribution < -0.4 is 10.2 Å². The zero-order chi connectivity index (χ0) is 17.7. The lowest BCUT2D eigenvalue weighted by Gasteiger charge is -2.19. The Labute approximate surface area is 140 Å². The van der Waals surface area contributed by atoms with Gasteiger partial charge in [-0.3, -0.25) is 4.79 Å². The molecular weight excluding hydrogens is 310 g/mol. The van der Waals surface area contributed by atoms with E-state index < -0.39 is 0 Å². The molecule has 0 fully saturated rings. The predicted octanol–water partition coefficient (Wildman–Crippen LogP) is 1.97. The van der Waals surface area contributed by atoms with Crippen LogP contribution in [0.15, 0.2) is 30.5 Å². The maximum Gasteiger partial charge on any atom is 0.253 e. The number of carbonyl (C=O) groups is 1. The van der Waals surface area contributed by atoms with Gasteiger partial charge in [-0.05, 0) is 26.0 Å². The summed E-state index contributed by atoms with van der Waals surface area (Å²) in [5.41, 5.74) is 0.512. The third kappa shape index (κ3) is 3.87. The lowest BCUT2D eigenvalue weighted by Crippen LogP contribution is -2.25. The van der Waals surface area contributed by atoms with E-state index in [1.165, 1.54) is 6.20 Å². The van der Waals surface area contributed by atoms with Crippen LogP contribution in [0.25, 0.3) is 0 Å². The minimum absolute atomic E-state index is 0.0748. The molecule has 1 amide bonds. The average Bonchev–Trinajstić information content (AvgIpc) is 2.55. The van der Waals surface area contributed by atoms with E-state index in [0.29, 0.717) is 5.56 Å². The number of nitrogens with one attached hydrogen (secondary N) is 1. The molecule has 128 valence electrons. The quantitative estimate of drug-likeness (QED) is 0.645. The van der Waals surface area contributed by atoms with Crippen molar-refractivity contribution in [2.75, 3.05) is 18.0 Å². The molecular formula is C17H21N3O4. The maximum atomic E-state index is 12.2. The molecule has 2 rings (SSSR count). The lowest BCUT2D eigenvalue weighted by molar-refractivity contribution is 0.0950. The summed E-state index contributed by atoms with van der Waals surface area (Å²) >= 11 is 0. The Balaban J connectivity index is 2.05. The topological polar surface area (TPSA) is 106 Å². The number of nitrogens with zero attached hydrogens (tertiary/aromatic N) is 2. The van der Waals surface area contributed by atoms with E-state index in [-0.39, 0.29) is 35.3 Å². The molecule has 2 aromatic rings. The fourth-order valence-corrected chi connectivity index (χ4v) is 2.33. The largest absolute Gasteiger partial charge is 0.508 e. The Hall–Kier alpha value is -2.96. The second-order valence-corrected chi connectivity index (χ2v) is 5.22. The minimum Gasteiger partial charge on any atom is -0.508 e. The molecule has 7 heteroatoms. The molecule has 0 bridgehead atoms. The number of phenolic OH excluding ortho intramolecular Hbond substituents is 3. The van der Waals surface area contributed by atoms with Gasteiger partial charge in [-0.1, -0.05) is 0 Å². The summed E-state index contributed by atoms with van der Waals surface area (Å²) in [5, 5.41) is 31.3. The molecule has 24 heavy (non-hydrogen) atoms. The number of hydrogen-bond acceptors (Lipinski definition) is 6. The van der Waals surface area contributed by atoms with Gasteiger partial charge in [-0.15, -0.1) is 0 Å². The molecule has 0 saturated heterocycles. The Kier molecular flexibility index (Phi) is 5.47.